The highest BCUT2D eigenvalue weighted by molar-refractivity contribution is 5.80. The summed E-state index contributed by atoms with van der Waals surface area (Å²) in [4.78, 5) is 27.0. The van der Waals surface area contributed by atoms with Crippen LogP contribution in [0, 0.1) is 12.3 Å². The summed E-state index contributed by atoms with van der Waals surface area (Å²) in [6.45, 7) is 9.81. The van der Waals surface area contributed by atoms with Gasteiger partial charge in [0.25, 0.3) is 0 Å². The van der Waals surface area contributed by atoms with Crippen molar-refractivity contribution in [3.05, 3.63) is 69.8 Å². The van der Waals surface area contributed by atoms with Crippen molar-refractivity contribution >= 4 is 17.6 Å². The van der Waals surface area contributed by atoms with E-state index in [0.29, 0.717) is 23.3 Å². The van der Waals surface area contributed by atoms with E-state index < -0.39 is 35.9 Å². The number of esters is 1. The topological polar surface area (TPSA) is 65.1 Å². The minimum atomic E-state index is -4.50. The Balaban J connectivity index is 1.73. The van der Waals surface area contributed by atoms with Crippen molar-refractivity contribution in [2.24, 2.45) is 5.41 Å². The van der Waals surface area contributed by atoms with E-state index in [-0.39, 0.29) is 17.9 Å². The highest BCUT2D eigenvalue weighted by Crippen LogP contribution is 2.46. The molecule has 1 amide bonds. The number of allylic oxidation sites excluding steroid dienone is 1. The fourth-order valence-corrected chi connectivity index (χ4v) is 5.94. The monoisotopic (exact) mass is 573 g/mol. The zero-order valence-electron chi connectivity index (χ0n) is 24.6. The Labute approximate surface area is 239 Å². The van der Waals surface area contributed by atoms with Gasteiger partial charge in [-0.25, -0.2) is 4.79 Å². The first-order valence-corrected chi connectivity index (χ1v) is 13.8. The van der Waals surface area contributed by atoms with Crippen molar-refractivity contribution < 1.29 is 37.0 Å². The molecular weight excluding hydrogens is 535 g/mol. The molecule has 0 radical (unpaired) electrons. The van der Waals surface area contributed by atoms with E-state index in [9.17, 15) is 22.8 Å². The van der Waals surface area contributed by atoms with Crippen LogP contribution in [0.5, 0.6) is 5.75 Å². The summed E-state index contributed by atoms with van der Waals surface area (Å²) in [7, 11) is 2.95. The molecule has 0 saturated carbocycles. The average molecular weight is 574 g/mol. The van der Waals surface area contributed by atoms with Gasteiger partial charge < -0.3 is 14.2 Å². The zero-order chi connectivity index (χ0) is 30.3. The Morgan fingerprint density at radius 3 is 2.51 bits per heavy atom. The van der Waals surface area contributed by atoms with Gasteiger partial charge in [0, 0.05) is 12.1 Å². The molecule has 0 N–H and O–H groups in total. The molecule has 6 nitrogen and oxygen atoms in total. The van der Waals surface area contributed by atoms with Crippen LogP contribution in [0.2, 0.25) is 0 Å². The Morgan fingerprint density at radius 2 is 1.88 bits per heavy atom. The molecule has 2 aromatic carbocycles. The Kier molecular flexibility index (Phi) is 8.48. The van der Waals surface area contributed by atoms with E-state index in [1.807, 2.05) is 18.2 Å². The number of hydrogen-bond donors (Lipinski definition) is 0. The first kappa shape index (κ1) is 30.5. The summed E-state index contributed by atoms with van der Waals surface area (Å²) in [5.74, 6) is -0.156. The molecule has 222 valence electrons. The van der Waals surface area contributed by atoms with Crippen molar-refractivity contribution in [3.63, 3.8) is 0 Å². The van der Waals surface area contributed by atoms with Gasteiger partial charge in [0.1, 0.15) is 11.9 Å². The first-order valence-electron chi connectivity index (χ1n) is 13.8. The number of methoxy groups -OCH3 is 2. The van der Waals surface area contributed by atoms with Gasteiger partial charge in [-0.05, 0) is 92.0 Å². The molecule has 2 aromatic rings. The highest BCUT2D eigenvalue weighted by atomic mass is 19.4. The lowest BCUT2D eigenvalue weighted by atomic mass is 9.72. The second-order valence-corrected chi connectivity index (χ2v) is 11.9. The molecular formula is C32H38F3NO5. The van der Waals surface area contributed by atoms with E-state index >= 15 is 0 Å². The van der Waals surface area contributed by atoms with E-state index in [0.717, 1.165) is 47.2 Å². The van der Waals surface area contributed by atoms with Crippen molar-refractivity contribution in [2.45, 2.75) is 78.1 Å². The molecule has 2 aliphatic rings. The lowest BCUT2D eigenvalue weighted by Crippen LogP contribution is -2.35. The summed E-state index contributed by atoms with van der Waals surface area (Å²) in [6.07, 6.45) is -3.53. The van der Waals surface area contributed by atoms with Crippen LogP contribution in [0.3, 0.4) is 0 Å². The van der Waals surface area contributed by atoms with Gasteiger partial charge in [-0.1, -0.05) is 31.5 Å². The van der Waals surface area contributed by atoms with Gasteiger partial charge >= 0.3 is 18.2 Å². The van der Waals surface area contributed by atoms with Gasteiger partial charge in [-0.2, -0.15) is 13.2 Å². The summed E-state index contributed by atoms with van der Waals surface area (Å²) >= 11 is 0. The fraction of sp³-hybridized carbons (Fsp3) is 0.500. The second kappa shape index (κ2) is 11.4. The third-order valence-electron chi connectivity index (χ3n) is 8.28. The summed E-state index contributed by atoms with van der Waals surface area (Å²) in [5, 5.41) is 0. The number of carbonyl (C=O) groups is 2. The van der Waals surface area contributed by atoms with Crippen molar-refractivity contribution in [1.29, 1.82) is 0 Å². The smallest absolute Gasteiger partial charge is 0.416 e. The SMILES string of the molecule is COC(=O)C(C)c1ccc(OC)c(C2=C(CN3C(=O)O[C@H](c4cc(C)cc(C(F)(F)F)c4)[C@@H]3C)CC(C)(C)CC2)c1. The van der Waals surface area contributed by atoms with Gasteiger partial charge in [0.2, 0.25) is 0 Å². The minimum Gasteiger partial charge on any atom is -0.496 e. The van der Waals surface area contributed by atoms with Gasteiger partial charge in [0.15, 0.2) is 0 Å². The van der Waals surface area contributed by atoms with Crippen LogP contribution in [-0.2, 0) is 20.4 Å². The van der Waals surface area contributed by atoms with Gasteiger partial charge in [0.05, 0.1) is 31.7 Å². The lowest BCUT2D eigenvalue weighted by Gasteiger charge is -2.36. The normalized spacial score (nSPS) is 21.5. The number of benzene rings is 2. The maximum absolute atomic E-state index is 13.5. The predicted molar refractivity (Wildman–Crippen MR) is 150 cm³/mol. The molecule has 0 aromatic heterocycles. The fourth-order valence-electron chi connectivity index (χ4n) is 5.94. The second-order valence-electron chi connectivity index (χ2n) is 11.9. The van der Waals surface area contributed by atoms with Crippen LogP contribution in [-0.4, -0.2) is 43.8 Å². The van der Waals surface area contributed by atoms with Gasteiger partial charge in [-0.3, -0.25) is 9.69 Å². The summed E-state index contributed by atoms with van der Waals surface area (Å²) in [6, 6.07) is 8.95. The number of alkyl halides is 3. The number of rotatable bonds is 7. The summed E-state index contributed by atoms with van der Waals surface area (Å²) in [5.41, 5.74) is 3.71. The molecule has 0 spiro atoms. The highest BCUT2D eigenvalue weighted by Gasteiger charge is 2.42. The number of ether oxygens (including phenoxy) is 3. The van der Waals surface area contributed by atoms with Crippen LogP contribution in [0.15, 0.2) is 42.0 Å². The van der Waals surface area contributed by atoms with Crippen LogP contribution < -0.4 is 4.74 Å². The standard InChI is InChI=1S/C32H38F3NO5/c1-18-12-22(14-24(13-18)32(33,34)35)28-20(3)36(30(38)41-28)17-23-16-31(4,5)11-10-25(23)26-15-21(8-9-27(26)39-6)19(2)29(37)40-7/h8-9,12-15,19-20,28H,10-11,16-17H2,1-7H3/t19?,20-,28-/m0/s1. The lowest BCUT2D eigenvalue weighted by molar-refractivity contribution is -0.142. The zero-order valence-corrected chi connectivity index (χ0v) is 24.6. The van der Waals surface area contributed by atoms with Crippen molar-refractivity contribution in [3.8, 4) is 5.75 Å². The number of amides is 1. The number of hydrogen-bond acceptors (Lipinski definition) is 5. The number of cyclic esters (lactones) is 1. The number of halogens is 3. The quantitative estimate of drug-likeness (QED) is 0.316. The number of nitrogens with zero attached hydrogens (tertiary/aromatic N) is 1. The largest absolute Gasteiger partial charge is 0.496 e. The maximum atomic E-state index is 13.5. The van der Waals surface area contributed by atoms with Crippen LogP contribution in [0.4, 0.5) is 18.0 Å². The molecule has 1 aliphatic heterocycles. The van der Waals surface area contributed by atoms with Gasteiger partial charge in [-0.15, -0.1) is 0 Å². The van der Waals surface area contributed by atoms with E-state index in [1.54, 1.807) is 38.8 Å². The molecule has 1 unspecified atom stereocenters. The minimum absolute atomic E-state index is 0.0204. The van der Waals surface area contributed by atoms with Crippen LogP contribution in [0.25, 0.3) is 5.57 Å². The Morgan fingerprint density at radius 1 is 1.17 bits per heavy atom. The van der Waals surface area contributed by atoms with Crippen LogP contribution in [0.1, 0.15) is 86.8 Å². The third kappa shape index (κ3) is 6.39. The molecule has 4 rings (SSSR count). The average Bonchev–Trinajstić information content (AvgIpc) is 3.19. The first-order chi connectivity index (χ1) is 19.1. The van der Waals surface area contributed by atoms with E-state index in [2.05, 4.69) is 13.8 Å². The molecule has 3 atom stereocenters. The molecule has 1 heterocycles. The Hall–Kier alpha value is -3.49. The maximum Gasteiger partial charge on any atom is 0.416 e. The van der Waals surface area contributed by atoms with Crippen molar-refractivity contribution in [1.82, 2.24) is 4.90 Å². The molecule has 9 heteroatoms. The van der Waals surface area contributed by atoms with E-state index in [1.165, 1.54) is 7.11 Å². The van der Waals surface area contributed by atoms with Crippen molar-refractivity contribution in [2.75, 3.05) is 20.8 Å². The molecule has 1 aliphatic carbocycles. The number of aryl methyl sites for hydroxylation is 1. The third-order valence-corrected chi connectivity index (χ3v) is 8.28. The molecule has 0 bridgehead atoms. The Bertz CT molecular complexity index is 1360. The van der Waals surface area contributed by atoms with E-state index in [4.69, 9.17) is 14.2 Å². The van der Waals surface area contributed by atoms with Crippen LogP contribution >= 0.6 is 0 Å². The molecule has 1 fully saturated rings. The molecule has 1 saturated heterocycles. The summed E-state index contributed by atoms with van der Waals surface area (Å²) < 4.78 is 56.9. The predicted octanol–water partition coefficient (Wildman–Crippen LogP) is 7.84. The number of carbonyl (C=O) groups excluding carboxylic acids is 2. The molecule has 41 heavy (non-hydrogen) atoms.